The van der Waals surface area contributed by atoms with Crippen molar-refractivity contribution < 1.29 is 0 Å². The first-order valence-electron chi connectivity index (χ1n) is 4.56. The van der Waals surface area contributed by atoms with Crippen LogP contribution >= 0.6 is 11.6 Å². The molecule has 0 saturated heterocycles. The van der Waals surface area contributed by atoms with E-state index in [1.54, 1.807) is 19.2 Å². The minimum Gasteiger partial charge on any atom is -0.325 e. The summed E-state index contributed by atoms with van der Waals surface area (Å²) in [6, 6.07) is 4.82. The van der Waals surface area contributed by atoms with E-state index in [1.165, 1.54) is 23.2 Å². The van der Waals surface area contributed by atoms with Gasteiger partial charge in [-0.05, 0) is 12.1 Å². The highest BCUT2D eigenvalue weighted by atomic mass is 35.5. The fraction of sp³-hybridized carbons (Fsp3) is 0.100. The number of nitrogens with zero attached hydrogens (tertiary/aromatic N) is 3. The van der Waals surface area contributed by atoms with Gasteiger partial charge in [0.25, 0.3) is 5.56 Å². The molecule has 0 spiro atoms. The van der Waals surface area contributed by atoms with Crippen LogP contribution in [0, 0.1) is 0 Å². The van der Waals surface area contributed by atoms with E-state index in [-0.39, 0.29) is 5.56 Å². The molecule has 2 aromatic rings. The lowest BCUT2D eigenvalue weighted by Crippen LogP contribution is -2.16. The second-order valence-corrected chi connectivity index (χ2v) is 3.65. The van der Waals surface area contributed by atoms with Gasteiger partial charge in [-0.25, -0.2) is 9.97 Å². The van der Waals surface area contributed by atoms with Gasteiger partial charge in [0.2, 0.25) is 0 Å². The van der Waals surface area contributed by atoms with E-state index in [0.717, 1.165) is 0 Å². The maximum absolute atomic E-state index is 11.3. The molecule has 2 heterocycles. The molecule has 0 unspecified atom stereocenters. The van der Waals surface area contributed by atoms with Crippen LogP contribution in [0.4, 0.5) is 11.6 Å². The number of anilines is 2. The molecule has 5 nitrogen and oxygen atoms in total. The lowest BCUT2D eigenvalue weighted by molar-refractivity contribution is 0.826. The molecule has 2 rings (SSSR count). The number of rotatable bonds is 2. The van der Waals surface area contributed by atoms with Gasteiger partial charge in [-0.2, -0.15) is 0 Å². The number of hydrogen-bond donors (Lipinski definition) is 1. The number of nitrogens with one attached hydrogen (secondary N) is 1. The largest absolute Gasteiger partial charge is 0.325 e. The van der Waals surface area contributed by atoms with E-state index >= 15 is 0 Å². The summed E-state index contributed by atoms with van der Waals surface area (Å²) in [7, 11) is 1.64. The molecule has 0 bridgehead atoms. The summed E-state index contributed by atoms with van der Waals surface area (Å²) < 4.78 is 1.39. The zero-order valence-electron chi connectivity index (χ0n) is 8.51. The lowest BCUT2D eigenvalue weighted by Gasteiger charge is -2.04. The zero-order valence-corrected chi connectivity index (χ0v) is 9.27. The fourth-order valence-electron chi connectivity index (χ4n) is 1.11. The smallest absolute Gasteiger partial charge is 0.255 e. The minimum atomic E-state index is -0.133. The molecular formula is C10H9ClN4O. The Bertz CT molecular complexity index is 549. The Balaban J connectivity index is 2.24. The normalized spacial score (nSPS) is 10.1. The minimum absolute atomic E-state index is 0.133. The molecule has 0 radical (unpaired) electrons. The second kappa shape index (κ2) is 4.32. The second-order valence-electron chi connectivity index (χ2n) is 3.21. The monoisotopic (exact) mass is 236 g/mol. The predicted octanol–water partition coefficient (Wildman–Crippen LogP) is 1.57. The first-order valence-corrected chi connectivity index (χ1v) is 4.94. The Morgan fingerprint density at radius 3 is 2.75 bits per heavy atom. The summed E-state index contributed by atoms with van der Waals surface area (Å²) in [6.07, 6.45) is 2.96. The standard InChI is InChI=1S/C10H9ClN4O/c1-15-6-13-9(4-10(15)16)14-8-3-2-7(11)5-12-8/h2-6H,1H3,(H,12,14). The predicted molar refractivity (Wildman–Crippen MR) is 62.0 cm³/mol. The Kier molecular flexibility index (Phi) is 2.87. The molecule has 0 fully saturated rings. The Morgan fingerprint density at radius 1 is 1.31 bits per heavy atom. The van der Waals surface area contributed by atoms with Crippen molar-refractivity contribution in [1.82, 2.24) is 14.5 Å². The zero-order chi connectivity index (χ0) is 11.5. The number of pyridine rings is 1. The van der Waals surface area contributed by atoms with E-state index in [0.29, 0.717) is 16.7 Å². The average Bonchev–Trinajstić information content (AvgIpc) is 2.27. The van der Waals surface area contributed by atoms with Crippen LogP contribution in [-0.2, 0) is 7.05 Å². The van der Waals surface area contributed by atoms with Gasteiger partial charge in [0.1, 0.15) is 11.6 Å². The summed E-state index contributed by atoms with van der Waals surface area (Å²) in [5, 5.41) is 3.46. The van der Waals surface area contributed by atoms with Crippen LogP contribution in [0.2, 0.25) is 5.02 Å². The number of aryl methyl sites for hydroxylation is 1. The van der Waals surface area contributed by atoms with Crippen molar-refractivity contribution in [3.8, 4) is 0 Å². The van der Waals surface area contributed by atoms with Gasteiger partial charge in [-0.1, -0.05) is 11.6 Å². The highest BCUT2D eigenvalue weighted by Gasteiger charge is 1.99. The third-order valence-corrected chi connectivity index (χ3v) is 2.18. The highest BCUT2D eigenvalue weighted by molar-refractivity contribution is 6.30. The molecule has 0 atom stereocenters. The van der Waals surface area contributed by atoms with E-state index in [9.17, 15) is 4.79 Å². The van der Waals surface area contributed by atoms with Gasteiger partial charge < -0.3 is 9.88 Å². The molecule has 0 aliphatic rings. The maximum Gasteiger partial charge on any atom is 0.255 e. The Labute approximate surface area is 96.7 Å². The molecule has 0 amide bonds. The van der Waals surface area contributed by atoms with Crippen LogP contribution in [0.5, 0.6) is 0 Å². The third-order valence-electron chi connectivity index (χ3n) is 1.96. The van der Waals surface area contributed by atoms with E-state index in [1.807, 2.05) is 0 Å². The molecule has 1 N–H and O–H groups in total. The number of hydrogen-bond acceptors (Lipinski definition) is 4. The van der Waals surface area contributed by atoms with Crippen molar-refractivity contribution in [3.05, 3.63) is 46.1 Å². The summed E-state index contributed by atoms with van der Waals surface area (Å²) in [5.41, 5.74) is -0.133. The lowest BCUT2D eigenvalue weighted by atomic mass is 10.4. The van der Waals surface area contributed by atoms with Crippen LogP contribution in [-0.4, -0.2) is 14.5 Å². The molecule has 16 heavy (non-hydrogen) atoms. The van der Waals surface area contributed by atoms with Gasteiger partial charge >= 0.3 is 0 Å². The summed E-state index contributed by atoms with van der Waals surface area (Å²) in [5.74, 6) is 1.04. The van der Waals surface area contributed by atoms with Gasteiger partial charge in [-0.3, -0.25) is 4.79 Å². The Morgan fingerprint density at radius 2 is 2.12 bits per heavy atom. The quantitative estimate of drug-likeness (QED) is 0.860. The van der Waals surface area contributed by atoms with Crippen molar-refractivity contribution in [2.45, 2.75) is 0 Å². The average molecular weight is 237 g/mol. The maximum atomic E-state index is 11.3. The molecule has 0 saturated carbocycles. The summed E-state index contributed by atoms with van der Waals surface area (Å²) in [4.78, 5) is 19.4. The SMILES string of the molecule is Cn1cnc(Nc2ccc(Cl)cn2)cc1=O. The van der Waals surface area contributed by atoms with Gasteiger partial charge in [-0.15, -0.1) is 0 Å². The summed E-state index contributed by atoms with van der Waals surface area (Å²) >= 11 is 5.70. The molecule has 0 aliphatic heterocycles. The van der Waals surface area contributed by atoms with E-state index < -0.39 is 0 Å². The topological polar surface area (TPSA) is 59.8 Å². The molecular weight excluding hydrogens is 228 g/mol. The van der Waals surface area contributed by atoms with Gasteiger partial charge in [0.05, 0.1) is 11.3 Å². The first kappa shape index (κ1) is 10.6. The van der Waals surface area contributed by atoms with Crippen LogP contribution in [0.1, 0.15) is 0 Å². The molecule has 0 aliphatic carbocycles. The van der Waals surface area contributed by atoms with Gasteiger partial charge in [0, 0.05) is 19.3 Å². The number of aromatic nitrogens is 3. The number of halogens is 1. The van der Waals surface area contributed by atoms with Crippen LogP contribution in [0.15, 0.2) is 35.5 Å². The van der Waals surface area contributed by atoms with Gasteiger partial charge in [0.15, 0.2) is 0 Å². The van der Waals surface area contributed by atoms with Crippen molar-refractivity contribution in [1.29, 1.82) is 0 Å². The molecule has 82 valence electrons. The van der Waals surface area contributed by atoms with Crippen LogP contribution in [0.3, 0.4) is 0 Å². The van der Waals surface area contributed by atoms with Crippen LogP contribution < -0.4 is 10.9 Å². The highest BCUT2D eigenvalue weighted by Crippen LogP contribution is 2.12. The first-order chi connectivity index (χ1) is 7.65. The van der Waals surface area contributed by atoms with Crippen molar-refractivity contribution >= 4 is 23.2 Å². The molecule has 6 heteroatoms. The van der Waals surface area contributed by atoms with E-state index in [2.05, 4.69) is 15.3 Å². The molecule has 0 aromatic carbocycles. The Hall–Kier alpha value is -1.88. The van der Waals surface area contributed by atoms with Crippen molar-refractivity contribution in [2.24, 2.45) is 7.05 Å². The molecule has 2 aromatic heterocycles. The van der Waals surface area contributed by atoms with Crippen molar-refractivity contribution in [3.63, 3.8) is 0 Å². The van der Waals surface area contributed by atoms with Crippen molar-refractivity contribution in [2.75, 3.05) is 5.32 Å². The van der Waals surface area contributed by atoms with E-state index in [4.69, 9.17) is 11.6 Å². The third kappa shape index (κ3) is 2.38. The summed E-state index contributed by atoms with van der Waals surface area (Å²) in [6.45, 7) is 0. The van der Waals surface area contributed by atoms with Crippen LogP contribution in [0.25, 0.3) is 0 Å². The fourth-order valence-corrected chi connectivity index (χ4v) is 1.22.